The maximum atomic E-state index is 11.4. The number of esters is 1. The average molecular weight is 377 g/mol. The van der Waals surface area contributed by atoms with Crippen molar-refractivity contribution in [2.45, 2.75) is 77.9 Å². The van der Waals surface area contributed by atoms with Crippen LogP contribution in [0.15, 0.2) is 12.2 Å². The molecule has 0 aromatic heterocycles. The molecule has 0 heterocycles. The monoisotopic (exact) mass is 376 g/mol. The molecule has 152 valence electrons. The molecule has 27 heavy (non-hydrogen) atoms. The minimum Gasteiger partial charge on any atom is -0.469 e. The van der Waals surface area contributed by atoms with Gasteiger partial charge in [-0.25, -0.2) is 0 Å². The van der Waals surface area contributed by atoms with Gasteiger partial charge in [0.05, 0.1) is 19.3 Å². The number of carbonyl (C=O) groups is 1. The Morgan fingerprint density at radius 3 is 2.81 bits per heavy atom. The van der Waals surface area contributed by atoms with E-state index in [1.807, 2.05) is 19.9 Å². The zero-order chi connectivity index (χ0) is 20.0. The number of fused-ring (bicyclic) bond motifs is 1. The molecule has 0 spiro atoms. The molecule has 4 heteroatoms. The van der Waals surface area contributed by atoms with Crippen molar-refractivity contribution in [3.8, 4) is 11.8 Å². The molecule has 0 saturated heterocycles. The lowest BCUT2D eigenvalue weighted by molar-refractivity contribution is -0.140. The first-order valence-corrected chi connectivity index (χ1v) is 10.3. The molecule has 0 aliphatic heterocycles. The van der Waals surface area contributed by atoms with Crippen molar-refractivity contribution in [1.82, 2.24) is 0 Å². The normalized spacial score (nSPS) is 34.7. The molecule has 4 nitrogen and oxygen atoms in total. The van der Waals surface area contributed by atoms with Gasteiger partial charge in [-0.3, -0.25) is 4.79 Å². The van der Waals surface area contributed by atoms with E-state index in [4.69, 9.17) is 4.74 Å². The first-order chi connectivity index (χ1) is 12.8. The SMILES string of the molecule is CC#CC[C@H](C)[C@H](O)/C=C/[C@@H]1[C@H]2CC(C)(CCCC(=O)OC)C[C@H]2C[C@H]1O. The number of hydrogen-bond acceptors (Lipinski definition) is 4. The second kappa shape index (κ2) is 9.75. The van der Waals surface area contributed by atoms with Crippen molar-refractivity contribution < 1.29 is 19.7 Å². The van der Waals surface area contributed by atoms with Crippen LogP contribution in [0.1, 0.15) is 65.7 Å². The van der Waals surface area contributed by atoms with Crippen molar-refractivity contribution in [1.29, 1.82) is 0 Å². The largest absolute Gasteiger partial charge is 0.469 e. The summed E-state index contributed by atoms with van der Waals surface area (Å²) in [5, 5.41) is 20.9. The van der Waals surface area contributed by atoms with E-state index in [9.17, 15) is 15.0 Å². The maximum Gasteiger partial charge on any atom is 0.305 e. The Bertz CT molecular complexity index is 587. The van der Waals surface area contributed by atoms with Gasteiger partial charge < -0.3 is 14.9 Å². The number of aliphatic hydroxyl groups excluding tert-OH is 2. The molecular formula is C23H36O4. The third-order valence-corrected chi connectivity index (χ3v) is 6.68. The zero-order valence-corrected chi connectivity index (χ0v) is 17.3. The summed E-state index contributed by atoms with van der Waals surface area (Å²) in [6, 6.07) is 0. The van der Waals surface area contributed by atoms with E-state index in [1.54, 1.807) is 0 Å². The van der Waals surface area contributed by atoms with Gasteiger partial charge in [0.15, 0.2) is 0 Å². The smallest absolute Gasteiger partial charge is 0.305 e. The summed E-state index contributed by atoms with van der Waals surface area (Å²) in [5.74, 6) is 6.98. The molecule has 7 atom stereocenters. The highest BCUT2D eigenvalue weighted by Crippen LogP contribution is 2.57. The van der Waals surface area contributed by atoms with E-state index < -0.39 is 6.10 Å². The van der Waals surface area contributed by atoms with Crippen LogP contribution in [-0.4, -0.2) is 35.5 Å². The van der Waals surface area contributed by atoms with Gasteiger partial charge in [-0.05, 0) is 62.2 Å². The third kappa shape index (κ3) is 5.83. The predicted octanol–water partition coefficient (Wildman–Crippen LogP) is 3.71. The Hall–Kier alpha value is -1.31. The van der Waals surface area contributed by atoms with Crippen molar-refractivity contribution >= 4 is 5.97 Å². The second-order valence-electron chi connectivity index (χ2n) is 8.94. The first-order valence-electron chi connectivity index (χ1n) is 10.3. The van der Waals surface area contributed by atoms with Gasteiger partial charge in [0.1, 0.15) is 0 Å². The molecule has 1 unspecified atom stereocenters. The Balaban J connectivity index is 1.92. The summed E-state index contributed by atoms with van der Waals surface area (Å²) in [7, 11) is 1.44. The first kappa shape index (κ1) is 22.0. The summed E-state index contributed by atoms with van der Waals surface area (Å²) >= 11 is 0. The van der Waals surface area contributed by atoms with Crippen LogP contribution in [0.5, 0.6) is 0 Å². The average Bonchev–Trinajstić information content (AvgIpc) is 3.09. The van der Waals surface area contributed by atoms with Crippen LogP contribution < -0.4 is 0 Å². The molecule has 0 bridgehead atoms. The van der Waals surface area contributed by atoms with Crippen LogP contribution in [0, 0.1) is 40.9 Å². The summed E-state index contributed by atoms with van der Waals surface area (Å²) in [5.41, 5.74) is 0.234. The maximum absolute atomic E-state index is 11.4. The van der Waals surface area contributed by atoms with Crippen LogP contribution >= 0.6 is 0 Å². The van der Waals surface area contributed by atoms with Gasteiger partial charge in [-0.15, -0.1) is 11.8 Å². The fourth-order valence-electron chi connectivity index (χ4n) is 5.12. The predicted molar refractivity (Wildman–Crippen MR) is 107 cm³/mol. The lowest BCUT2D eigenvalue weighted by Gasteiger charge is -2.27. The molecule has 2 rings (SSSR count). The van der Waals surface area contributed by atoms with E-state index in [0.717, 1.165) is 32.1 Å². The van der Waals surface area contributed by atoms with Gasteiger partial charge in [0, 0.05) is 18.8 Å². The lowest BCUT2D eigenvalue weighted by atomic mass is 9.79. The van der Waals surface area contributed by atoms with Gasteiger partial charge in [0.2, 0.25) is 0 Å². The molecule has 0 aromatic carbocycles. The zero-order valence-electron chi connectivity index (χ0n) is 17.3. The van der Waals surface area contributed by atoms with Gasteiger partial charge in [-0.1, -0.05) is 26.0 Å². The van der Waals surface area contributed by atoms with Crippen molar-refractivity contribution in [3.05, 3.63) is 12.2 Å². The summed E-state index contributed by atoms with van der Waals surface area (Å²) in [6.45, 7) is 6.13. The Kier molecular flexibility index (Phi) is 7.94. The fourth-order valence-corrected chi connectivity index (χ4v) is 5.12. The number of rotatable bonds is 8. The van der Waals surface area contributed by atoms with Crippen LogP contribution in [0.2, 0.25) is 0 Å². The lowest BCUT2D eigenvalue weighted by Crippen LogP contribution is -2.22. The molecule has 2 aliphatic carbocycles. The Morgan fingerprint density at radius 2 is 2.15 bits per heavy atom. The Labute approximate surface area is 164 Å². The van der Waals surface area contributed by atoms with Crippen LogP contribution in [0.25, 0.3) is 0 Å². The molecule has 2 saturated carbocycles. The van der Waals surface area contributed by atoms with Crippen LogP contribution in [-0.2, 0) is 9.53 Å². The van der Waals surface area contributed by atoms with E-state index in [-0.39, 0.29) is 29.3 Å². The van der Waals surface area contributed by atoms with E-state index >= 15 is 0 Å². The van der Waals surface area contributed by atoms with Crippen molar-refractivity contribution in [3.63, 3.8) is 0 Å². The molecule has 0 aromatic rings. The minimum atomic E-state index is -0.523. The number of carbonyl (C=O) groups excluding carboxylic acids is 1. The van der Waals surface area contributed by atoms with Crippen molar-refractivity contribution in [2.24, 2.45) is 29.1 Å². The summed E-state index contributed by atoms with van der Waals surface area (Å²) < 4.78 is 4.74. The van der Waals surface area contributed by atoms with Crippen molar-refractivity contribution in [2.75, 3.05) is 7.11 Å². The quantitative estimate of drug-likeness (QED) is 0.385. The van der Waals surface area contributed by atoms with E-state index in [0.29, 0.717) is 24.7 Å². The van der Waals surface area contributed by atoms with Crippen LogP contribution in [0.3, 0.4) is 0 Å². The number of ether oxygens (including phenoxy) is 1. The number of hydrogen-bond donors (Lipinski definition) is 2. The van der Waals surface area contributed by atoms with E-state index in [2.05, 4.69) is 24.8 Å². The minimum absolute atomic E-state index is 0.0928. The fraction of sp³-hybridized carbons (Fsp3) is 0.783. The number of methoxy groups -OCH3 is 1. The molecule has 0 radical (unpaired) electrons. The summed E-state index contributed by atoms with van der Waals surface area (Å²) in [4.78, 5) is 11.4. The molecular weight excluding hydrogens is 340 g/mol. The highest BCUT2D eigenvalue weighted by Gasteiger charge is 2.50. The Morgan fingerprint density at radius 1 is 1.41 bits per heavy atom. The molecule has 0 amide bonds. The molecule has 2 aliphatic rings. The highest BCUT2D eigenvalue weighted by molar-refractivity contribution is 5.68. The molecule has 2 N–H and O–H groups in total. The van der Waals surface area contributed by atoms with E-state index in [1.165, 1.54) is 7.11 Å². The van der Waals surface area contributed by atoms with Gasteiger partial charge in [0.25, 0.3) is 0 Å². The third-order valence-electron chi connectivity index (χ3n) is 6.68. The standard InChI is InChI=1S/C23H36O4/c1-5-6-8-16(2)20(24)11-10-18-19-15-23(3,12-7-9-22(26)27-4)14-17(19)13-21(18)25/h10-11,16-21,24-25H,7-9,12-15H2,1-4H3/b11-10+/t16-,17+,18+,19-,20+,21+,23?/m0/s1. The summed E-state index contributed by atoms with van der Waals surface area (Å²) in [6.07, 6.45) is 9.18. The topological polar surface area (TPSA) is 66.8 Å². The number of aliphatic hydroxyl groups is 2. The van der Waals surface area contributed by atoms with Crippen LogP contribution in [0.4, 0.5) is 0 Å². The second-order valence-corrected chi connectivity index (χ2v) is 8.94. The highest BCUT2D eigenvalue weighted by atomic mass is 16.5. The van der Waals surface area contributed by atoms with Gasteiger partial charge in [-0.2, -0.15) is 0 Å². The van der Waals surface area contributed by atoms with Gasteiger partial charge >= 0.3 is 5.97 Å². The molecule has 2 fully saturated rings.